The van der Waals surface area contributed by atoms with E-state index in [2.05, 4.69) is 30.3 Å². The van der Waals surface area contributed by atoms with Crippen molar-refractivity contribution in [2.75, 3.05) is 0 Å². The van der Waals surface area contributed by atoms with E-state index in [1.165, 1.54) is 0 Å². The highest BCUT2D eigenvalue weighted by atomic mass is 35.5. The molecular weight excluding hydrogens is 281 g/mol. The maximum Gasteiger partial charge on any atom is 0.112 e. The Labute approximate surface area is 123 Å². The summed E-state index contributed by atoms with van der Waals surface area (Å²) in [5, 5.41) is 1.09. The molecule has 1 atom stereocenters. The van der Waals surface area contributed by atoms with E-state index in [9.17, 15) is 0 Å². The van der Waals surface area contributed by atoms with Crippen molar-refractivity contribution in [3.8, 4) is 0 Å². The van der Waals surface area contributed by atoms with Gasteiger partial charge < -0.3 is 10.3 Å². The van der Waals surface area contributed by atoms with Crippen LogP contribution < -0.4 is 5.73 Å². The van der Waals surface area contributed by atoms with Crippen LogP contribution in [0.3, 0.4) is 0 Å². The molecule has 1 unspecified atom stereocenters. The summed E-state index contributed by atoms with van der Waals surface area (Å²) in [6.07, 6.45) is 0.929. The molecule has 0 radical (unpaired) electrons. The van der Waals surface area contributed by atoms with Gasteiger partial charge >= 0.3 is 0 Å². The molecule has 0 spiro atoms. The normalized spacial score (nSPS) is 13.4. The topological polar surface area (TPSA) is 43.8 Å². The van der Waals surface area contributed by atoms with Crippen LogP contribution in [-0.4, -0.2) is 15.6 Å². The molecule has 1 heterocycles. The number of imidazole rings is 1. The van der Waals surface area contributed by atoms with E-state index >= 15 is 0 Å². The SMILES string of the molecule is CCC(N)Cn1c(C(C)C)nc2cc(Cl)c(Cl)cc21. The summed E-state index contributed by atoms with van der Waals surface area (Å²) >= 11 is 12.2. The second-order valence-electron chi connectivity index (χ2n) is 5.16. The smallest absolute Gasteiger partial charge is 0.112 e. The maximum atomic E-state index is 6.11. The van der Waals surface area contributed by atoms with Crippen molar-refractivity contribution in [3.05, 3.63) is 28.0 Å². The van der Waals surface area contributed by atoms with Crippen LogP contribution in [0.25, 0.3) is 11.0 Å². The molecule has 0 saturated carbocycles. The van der Waals surface area contributed by atoms with Crippen molar-refractivity contribution in [1.82, 2.24) is 9.55 Å². The number of rotatable bonds is 4. The Morgan fingerprint density at radius 3 is 2.47 bits per heavy atom. The van der Waals surface area contributed by atoms with Gasteiger partial charge in [-0.25, -0.2) is 4.98 Å². The molecule has 0 bridgehead atoms. The molecule has 0 fully saturated rings. The van der Waals surface area contributed by atoms with Crippen molar-refractivity contribution in [2.24, 2.45) is 5.73 Å². The van der Waals surface area contributed by atoms with Crippen LogP contribution >= 0.6 is 23.2 Å². The average Bonchev–Trinajstić information content (AvgIpc) is 2.68. The quantitative estimate of drug-likeness (QED) is 0.919. The number of hydrogen-bond donors (Lipinski definition) is 1. The highest BCUT2D eigenvalue weighted by Gasteiger charge is 2.16. The van der Waals surface area contributed by atoms with Gasteiger partial charge in [-0.05, 0) is 18.6 Å². The third-order valence-electron chi connectivity index (χ3n) is 3.28. The molecule has 3 nitrogen and oxygen atoms in total. The van der Waals surface area contributed by atoms with Crippen molar-refractivity contribution in [1.29, 1.82) is 0 Å². The average molecular weight is 300 g/mol. The molecular formula is C14H19Cl2N3. The van der Waals surface area contributed by atoms with E-state index in [-0.39, 0.29) is 6.04 Å². The van der Waals surface area contributed by atoms with E-state index in [1.807, 2.05) is 12.1 Å². The van der Waals surface area contributed by atoms with Crippen LogP contribution in [0.2, 0.25) is 10.0 Å². The molecule has 1 aromatic heterocycles. The van der Waals surface area contributed by atoms with Gasteiger partial charge in [0.2, 0.25) is 0 Å². The minimum Gasteiger partial charge on any atom is -0.326 e. The van der Waals surface area contributed by atoms with Gasteiger partial charge in [-0.15, -0.1) is 0 Å². The lowest BCUT2D eigenvalue weighted by molar-refractivity contribution is 0.523. The first-order valence-corrected chi connectivity index (χ1v) is 7.30. The van der Waals surface area contributed by atoms with Gasteiger partial charge in [0.15, 0.2) is 0 Å². The van der Waals surface area contributed by atoms with Crippen LogP contribution in [0.15, 0.2) is 12.1 Å². The minimum atomic E-state index is 0.115. The summed E-state index contributed by atoms with van der Waals surface area (Å²) in [4.78, 5) is 4.67. The number of aromatic nitrogens is 2. The summed E-state index contributed by atoms with van der Waals surface area (Å²) in [6, 6.07) is 3.81. The van der Waals surface area contributed by atoms with E-state index in [0.29, 0.717) is 16.0 Å². The number of nitrogens with zero attached hydrogens (tertiary/aromatic N) is 2. The third-order valence-corrected chi connectivity index (χ3v) is 4.00. The Hall–Kier alpha value is -0.770. The largest absolute Gasteiger partial charge is 0.326 e. The zero-order valence-corrected chi connectivity index (χ0v) is 13.0. The standard InChI is InChI=1S/C14H19Cl2N3/c1-4-9(17)7-19-13-6-11(16)10(15)5-12(13)18-14(19)8(2)3/h5-6,8-9H,4,7,17H2,1-3H3. The second-order valence-corrected chi connectivity index (χ2v) is 5.97. The summed E-state index contributed by atoms with van der Waals surface area (Å²) in [7, 11) is 0. The first-order valence-electron chi connectivity index (χ1n) is 6.54. The van der Waals surface area contributed by atoms with Crippen molar-refractivity contribution < 1.29 is 0 Å². The molecule has 0 saturated heterocycles. The molecule has 104 valence electrons. The fourth-order valence-electron chi connectivity index (χ4n) is 2.14. The Balaban J connectivity index is 2.62. The molecule has 2 aromatic rings. The van der Waals surface area contributed by atoms with E-state index in [1.54, 1.807) is 0 Å². The Morgan fingerprint density at radius 1 is 1.26 bits per heavy atom. The predicted octanol–water partition coefficient (Wildman–Crippen LogP) is 4.20. The number of hydrogen-bond acceptors (Lipinski definition) is 2. The van der Waals surface area contributed by atoms with Gasteiger partial charge in [0.05, 0.1) is 21.1 Å². The molecule has 1 aromatic carbocycles. The van der Waals surface area contributed by atoms with E-state index in [4.69, 9.17) is 28.9 Å². The number of halogens is 2. The lowest BCUT2D eigenvalue weighted by Gasteiger charge is -2.15. The van der Waals surface area contributed by atoms with Crippen molar-refractivity contribution in [3.63, 3.8) is 0 Å². The number of fused-ring (bicyclic) bond motifs is 1. The zero-order valence-electron chi connectivity index (χ0n) is 11.5. The summed E-state index contributed by atoms with van der Waals surface area (Å²) < 4.78 is 2.16. The monoisotopic (exact) mass is 299 g/mol. The molecule has 5 heteroatoms. The van der Waals surface area contributed by atoms with Crippen LogP contribution in [0.5, 0.6) is 0 Å². The molecule has 0 aliphatic heterocycles. The highest BCUT2D eigenvalue weighted by molar-refractivity contribution is 6.42. The molecule has 0 aliphatic rings. The maximum absolute atomic E-state index is 6.11. The van der Waals surface area contributed by atoms with Crippen molar-refractivity contribution in [2.45, 2.75) is 45.7 Å². The van der Waals surface area contributed by atoms with Gasteiger partial charge in [0.25, 0.3) is 0 Å². The first kappa shape index (κ1) is 14.6. The lowest BCUT2D eigenvalue weighted by Crippen LogP contribution is -2.26. The fraction of sp³-hybridized carbons (Fsp3) is 0.500. The van der Waals surface area contributed by atoms with Crippen LogP contribution in [0, 0.1) is 0 Å². The predicted molar refractivity (Wildman–Crippen MR) is 82.1 cm³/mol. The Kier molecular flexibility index (Phi) is 4.39. The molecule has 19 heavy (non-hydrogen) atoms. The van der Waals surface area contributed by atoms with Crippen LogP contribution in [0.1, 0.15) is 38.9 Å². The van der Waals surface area contributed by atoms with Gasteiger partial charge in [-0.1, -0.05) is 44.0 Å². The van der Waals surface area contributed by atoms with E-state index in [0.717, 1.165) is 29.8 Å². The van der Waals surface area contributed by atoms with Gasteiger partial charge in [0, 0.05) is 18.5 Å². The second kappa shape index (κ2) is 5.70. The van der Waals surface area contributed by atoms with Crippen LogP contribution in [-0.2, 0) is 6.54 Å². The number of benzene rings is 1. The fourth-order valence-corrected chi connectivity index (χ4v) is 2.45. The van der Waals surface area contributed by atoms with Gasteiger partial charge in [-0.3, -0.25) is 0 Å². The van der Waals surface area contributed by atoms with Gasteiger partial charge in [-0.2, -0.15) is 0 Å². The van der Waals surface area contributed by atoms with Crippen molar-refractivity contribution >= 4 is 34.2 Å². The third kappa shape index (κ3) is 2.88. The lowest BCUT2D eigenvalue weighted by atomic mass is 10.2. The summed E-state index contributed by atoms with van der Waals surface area (Å²) in [5.41, 5.74) is 7.96. The summed E-state index contributed by atoms with van der Waals surface area (Å²) in [6.45, 7) is 7.08. The zero-order chi connectivity index (χ0) is 14.2. The number of nitrogens with two attached hydrogens (primary N) is 1. The highest BCUT2D eigenvalue weighted by Crippen LogP contribution is 2.30. The van der Waals surface area contributed by atoms with Crippen LogP contribution in [0.4, 0.5) is 0 Å². The Bertz CT molecular complexity index is 590. The van der Waals surface area contributed by atoms with E-state index < -0.39 is 0 Å². The minimum absolute atomic E-state index is 0.115. The first-order chi connectivity index (χ1) is 8.93. The summed E-state index contributed by atoms with van der Waals surface area (Å²) in [5.74, 6) is 1.35. The molecule has 2 rings (SSSR count). The molecule has 2 N–H and O–H groups in total. The Morgan fingerprint density at radius 2 is 1.89 bits per heavy atom. The molecule has 0 amide bonds. The molecule has 0 aliphatic carbocycles. The van der Waals surface area contributed by atoms with Gasteiger partial charge in [0.1, 0.15) is 5.82 Å².